The van der Waals surface area contributed by atoms with E-state index in [4.69, 9.17) is 10.6 Å². The number of nitrogens with two attached hydrogens (primary N) is 1. The van der Waals surface area contributed by atoms with Crippen molar-refractivity contribution in [3.8, 4) is 5.75 Å². The van der Waals surface area contributed by atoms with E-state index in [2.05, 4.69) is 38.3 Å². The van der Waals surface area contributed by atoms with Crippen LogP contribution in [0.3, 0.4) is 0 Å². The molecule has 112 valence electrons. The second-order valence-corrected chi connectivity index (χ2v) is 6.20. The maximum absolute atomic E-state index is 5.95. The summed E-state index contributed by atoms with van der Waals surface area (Å²) in [6.45, 7) is 6.41. The van der Waals surface area contributed by atoms with Gasteiger partial charge in [0.1, 0.15) is 5.75 Å². The second kappa shape index (κ2) is 7.09. The van der Waals surface area contributed by atoms with Gasteiger partial charge in [0.2, 0.25) is 0 Å². The quantitative estimate of drug-likeness (QED) is 0.613. The van der Waals surface area contributed by atoms with Gasteiger partial charge in [-0.05, 0) is 44.6 Å². The molecule has 0 aliphatic heterocycles. The number of rotatable bonds is 6. The minimum atomic E-state index is 0.182. The Labute approximate surface area is 122 Å². The van der Waals surface area contributed by atoms with Crippen LogP contribution in [0.1, 0.15) is 58.1 Å². The van der Waals surface area contributed by atoms with Gasteiger partial charge in [0.15, 0.2) is 0 Å². The lowest BCUT2D eigenvalue weighted by Gasteiger charge is -2.26. The standard InChI is InChI=1S/C17H28N2O/c1-4-13-9-10-14(11-13)17(19-18)15-7-5-6-8-16(15)20-12(2)3/h5-8,12-14,17,19H,4,9-11,18H2,1-3H3. The van der Waals surface area contributed by atoms with E-state index >= 15 is 0 Å². The van der Waals surface area contributed by atoms with Crippen molar-refractivity contribution in [2.75, 3.05) is 0 Å². The van der Waals surface area contributed by atoms with E-state index in [0.29, 0.717) is 5.92 Å². The first-order valence-electron chi connectivity index (χ1n) is 7.87. The number of benzene rings is 1. The van der Waals surface area contributed by atoms with Gasteiger partial charge >= 0.3 is 0 Å². The van der Waals surface area contributed by atoms with Crippen LogP contribution in [0, 0.1) is 11.8 Å². The zero-order valence-corrected chi connectivity index (χ0v) is 12.9. The molecule has 2 rings (SSSR count). The zero-order valence-electron chi connectivity index (χ0n) is 12.9. The number of hydrogen-bond acceptors (Lipinski definition) is 3. The normalized spacial score (nSPS) is 24.1. The summed E-state index contributed by atoms with van der Waals surface area (Å²) in [5, 5.41) is 0. The number of hydrazine groups is 1. The Morgan fingerprint density at radius 2 is 2.05 bits per heavy atom. The van der Waals surface area contributed by atoms with Gasteiger partial charge in [-0.25, -0.2) is 0 Å². The predicted octanol–water partition coefficient (Wildman–Crippen LogP) is 3.80. The fourth-order valence-corrected chi connectivity index (χ4v) is 3.37. The average molecular weight is 276 g/mol. The molecule has 0 saturated heterocycles. The Morgan fingerprint density at radius 3 is 2.65 bits per heavy atom. The third-order valence-electron chi connectivity index (χ3n) is 4.43. The molecule has 1 aliphatic carbocycles. The third-order valence-corrected chi connectivity index (χ3v) is 4.43. The Kier molecular flexibility index (Phi) is 5.44. The summed E-state index contributed by atoms with van der Waals surface area (Å²) in [7, 11) is 0. The van der Waals surface area contributed by atoms with Crippen LogP contribution < -0.4 is 16.0 Å². The summed E-state index contributed by atoms with van der Waals surface area (Å²) in [5.41, 5.74) is 4.24. The Bertz CT molecular complexity index is 419. The van der Waals surface area contributed by atoms with Crippen molar-refractivity contribution in [2.24, 2.45) is 17.7 Å². The predicted molar refractivity (Wildman–Crippen MR) is 83.4 cm³/mol. The van der Waals surface area contributed by atoms with Crippen LogP contribution in [0.25, 0.3) is 0 Å². The van der Waals surface area contributed by atoms with Crippen molar-refractivity contribution in [3.63, 3.8) is 0 Å². The Balaban J connectivity index is 2.19. The summed E-state index contributed by atoms with van der Waals surface area (Å²) in [5.74, 6) is 8.30. The third kappa shape index (κ3) is 3.53. The van der Waals surface area contributed by atoms with Crippen molar-refractivity contribution >= 4 is 0 Å². The summed E-state index contributed by atoms with van der Waals surface area (Å²) < 4.78 is 5.95. The van der Waals surface area contributed by atoms with Crippen molar-refractivity contribution in [3.05, 3.63) is 29.8 Å². The van der Waals surface area contributed by atoms with E-state index in [9.17, 15) is 0 Å². The first-order valence-corrected chi connectivity index (χ1v) is 7.87. The van der Waals surface area contributed by atoms with Crippen LogP contribution in [-0.2, 0) is 0 Å². The minimum Gasteiger partial charge on any atom is -0.491 e. The van der Waals surface area contributed by atoms with Gasteiger partial charge in [-0.2, -0.15) is 0 Å². The zero-order chi connectivity index (χ0) is 14.5. The van der Waals surface area contributed by atoms with Crippen LogP contribution in [-0.4, -0.2) is 6.10 Å². The van der Waals surface area contributed by atoms with Gasteiger partial charge in [0.05, 0.1) is 12.1 Å². The molecular formula is C17H28N2O. The molecule has 0 radical (unpaired) electrons. The van der Waals surface area contributed by atoms with Gasteiger partial charge < -0.3 is 4.74 Å². The molecule has 0 amide bonds. The maximum atomic E-state index is 5.95. The second-order valence-electron chi connectivity index (χ2n) is 6.20. The van der Waals surface area contributed by atoms with Crippen LogP contribution in [0.4, 0.5) is 0 Å². The van der Waals surface area contributed by atoms with Crippen molar-refractivity contribution in [1.82, 2.24) is 5.43 Å². The lowest BCUT2D eigenvalue weighted by molar-refractivity contribution is 0.233. The van der Waals surface area contributed by atoms with E-state index < -0.39 is 0 Å². The number of ether oxygens (including phenoxy) is 1. The minimum absolute atomic E-state index is 0.182. The fourth-order valence-electron chi connectivity index (χ4n) is 3.37. The molecule has 3 unspecified atom stereocenters. The smallest absolute Gasteiger partial charge is 0.124 e. The molecule has 3 atom stereocenters. The molecule has 0 spiro atoms. The number of para-hydroxylation sites is 1. The highest BCUT2D eigenvalue weighted by atomic mass is 16.5. The van der Waals surface area contributed by atoms with Crippen LogP contribution in [0.2, 0.25) is 0 Å². The first-order chi connectivity index (χ1) is 9.65. The van der Waals surface area contributed by atoms with Crippen LogP contribution in [0.5, 0.6) is 5.75 Å². The van der Waals surface area contributed by atoms with Gasteiger partial charge in [0, 0.05) is 5.56 Å². The Hall–Kier alpha value is -1.06. The molecule has 1 aromatic carbocycles. The van der Waals surface area contributed by atoms with Gasteiger partial charge in [-0.15, -0.1) is 0 Å². The topological polar surface area (TPSA) is 47.3 Å². The molecule has 1 fully saturated rings. The summed E-state index contributed by atoms with van der Waals surface area (Å²) >= 11 is 0. The molecule has 3 N–H and O–H groups in total. The molecule has 1 saturated carbocycles. The highest BCUT2D eigenvalue weighted by Gasteiger charge is 2.31. The number of nitrogens with one attached hydrogen (secondary N) is 1. The first kappa shape index (κ1) is 15.3. The molecule has 0 aromatic heterocycles. The fraction of sp³-hybridized carbons (Fsp3) is 0.647. The molecule has 0 heterocycles. The van der Waals surface area contributed by atoms with Crippen molar-refractivity contribution in [2.45, 2.75) is 58.6 Å². The SMILES string of the molecule is CCC1CCC(C(NN)c2ccccc2OC(C)C)C1. The molecule has 1 aliphatic rings. The van der Waals surface area contributed by atoms with E-state index in [1.54, 1.807) is 0 Å². The largest absolute Gasteiger partial charge is 0.491 e. The summed E-state index contributed by atoms with van der Waals surface area (Å²) in [6, 6.07) is 8.48. The van der Waals surface area contributed by atoms with E-state index in [-0.39, 0.29) is 12.1 Å². The van der Waals surface area contributed by atoms with E-state index in [1.807, 2.05) is 12.1 Å². The monoisotopic (exact) mass is 276 g/mol. The molecule has 1 aromatic rings. The van der Waals surface area contributed by atoms with Gasteiger partial charge in [-0.1, -0.05) is 38.0 Å². The lowest BCUT2D eigenvalue weighted by atomic mass is 9.90. The van der Waals surface area contributed by atoms with E-state index in [1.165, 1.54) is 31.2 Å². The number of hydrogen-bond donors (Lipinski definition) is 2. The van der Waals surface area contributed by atoms with Crippen LogP contribution in [0.15, 0.2) is 24.3 Å². The molecule has 3 heteroatoms. The molecule has 20 heavy (non-hydrogen) atoms. The summed E-state index contributed by atoms with van der Waals surface area (Å²) in [4.78, 5) is 0. The Morgan fingerprint density at radius 1 is 1.30 bits per heavy atom. The average Bonchev–Trinajstić information content (AvgIpc) is 2.90. The maximum Gasteiger partial charge on any atom is 0.124 e. The van der Waals surface area contributed by atoms with Crippen LogP contribution >= 0.6 is 0 Å². The van der Waals surface area contributed by atoms with Crippen molar-refractivity contribution in [1.29, 1.82) is 0 Å². The van der Waals surface area contributed by atoms with Gasteiger partial charge in [0.25, 0.3) is 0 Å². The highest BCUT2D eigenvalue weighted by Crippen LogP contribution is 2.42. The highest BCUT2D eigenvalue weighted by molar-refractivity contribution is 5.36. The molecular weight excluding hydrogens is 248 g/mol. The molecule has 0 bridgehead atoms. The van der Waals surface area contributed by atoms with Gasteiger partial charge in [-0.3, -0.25) is 11.3 Å². The van der Waals surface area contributed by atoms with Crippen molar-refractivity contribution < 1.29 is 4.74 Å². The van der Waals surface area contributed by atoms with E-state index in [0.717, 1.165) is 11.7 Å². The lowest BCUT2D eigenvalue weighted by Crippen LogP contribution is -2.33. The summed E-state index contributed by atoms with van der Waals surface area (Å²) in [6.07, 6.45) is 5.30. The molecule has 3 nitrogen and oxygen atoms in total.